The van der Waals surface area contributed by atoms with Crippen LogP contribution in [0.15, 0.2) is 18.2 Å². The van der Waals surface area contributed by atoms with Crippen molar-refractivity contribution in [1.29, 1.82) is 0 Å². The van der Waals surface area contributed by atoms with Crippen molar-refractivity contribution >= 4 is 10.9 Å². The minimum atomic E-state index is 1.17. The topological polar surface area (TPSA) is 12.9 Å². The molecule has 0 bridgehead atoms. The molecule has 2 aromatic rings. The molecule has 0 saturated carbocycles. The summed E-state index contributed by atoms with van der Waals surface area (Å²) in [6.45, 7) is 4.41. The molecule has 0 aliphatic heterocycles. The zero-order valence-electron chi connectivity index (χ0n) is 10.0. The Hall–Kier alpha value is -1.37. The molecule has 1 aromatic carbocycles. The van der Waals surface area contributed by atoms with Crippen LogP contribution in [0.3, 0.4) is 0 Å². The predicted molar refractivity (Wildman–Crippen MR) is 67.9 cm³/mol. The molecule has 0 atom stereocenters. The average molecular weight is 211 g/mol. The van der Waals surface area contributed by atoms with Gasteiger partial charge in [0.05, 0.1) is 5.52 Å². The van der Waals surface area contributed by atoms with Crippen molar-refractivity contribution in [3.05, 3.63) is 40.6 Å². The number of benzene rings is 1. The molecule has 1 aliphatic rings. The van der Waals surface area contributed by atoms with Crippen LogP contribution in [0.5, 0.6) is 0 Å². The first-order valence-electron chi connectivity index (χ1n) is 6.14. The molecule has 0 unspecified atom stereocenters. The van der Waals surface area contributed by atoms with Crippen molar-refractivity contribution in [2.45, 2.75) is 39.5 Å². The number of nitrogens with zero attached hydrogens (tertiary/aromatic N) is 1. The van der Waals surface area contributed by atoms with Crippen molar-refractivity contribution in [2.75, 3.05) is 0 Å². The zero-order valence-corrected chi connectivity index (χ0v) is 10.0. The van der Waals surface area contributed by atoms with Crippen LogP contribution in [0.4, 0.5) is 0 Å². The van der Waals surface area contributed by atoms with Gasteiger partial charge in [-0.2, -0.15) is 0 Å². The molecular weight excluding hydrogens is 194 g/mol. The predicted octanol–water partition coefficient (Wildman–Crippen LogP) is 3.73. The van der Waals surface area contributed by atoms with E-state index in [4.69, 9.17) is 4.98 Å². The summed E-state index contributed by atoms with van der Waals surface area (Å²) < 4.78 is 0. The van der Waals surface area contributed by atoms with Gasteiger partial charge in [-0.15, -0.1) is 0 Å². The maximum absolute atomic E-state index is 4.82. The van der Waals surface area contributed by atoms with Gasteiger partial charge in [0.1, 0.15) is 0 Å². The largest absolute Gasteiger partial charge is 0.253 e. The molecule has 0 saturated heterocycles. The first-order chi connectivity index (χ1) is 7.75. The molecule has 1 heterocycles. The van der Waals surface area contributed by atoms with Crippen molar-refractivity contribution in [2.24, 2.45) is 0 Å². The normalized spacial score (nSPS) is 15.1. The number of fused-ring (bicyclic) bond motifs is 2. The number of pyridine rings is 1. The Labute approximate surface area is 96.5 Å². The smallest absolute Gasteiger partial charge is 0.0708 e. The summed E-state index contributed by atoms with van der Waals surface area (Å²) in [6.07, 6.45) is 5.02. The van der Waals surface area contributed by atoms with Crippen LogP contribution in [0.2, 0.25) is 0 Å². The van der Waals surface area contributed by atoms with Gasteiger partial charge >= 0.3 is 0 Å². The quantitative estimate of drug-likeness (QED) is 0.647. The second-order valence-electron chi connectivity index (χ2n) is 4.89. The van der Waals surface area contributed by atoms with E-state index in [1.165, 1.54) is 59.0 Å². The minimum Gasteiger partial charge on any atom is -0.253 e. The molecule has 0 N–H and O–H groups in total. The maximum Gasteiger partial charge on any atom is 0.0708 e. The van der Waals surface area contributed by atoms with Gasteiger partial charge in [-0.05, 0) is 62.8 Å². The van der Waals surface area contributed by atoms with Gasteiger partial charge < -0.3 is 0 Å². The molecule has 1 aliphatic carbocycles. The summed E-state index contributed by atoms with van der Waals surface area (Å²) in [7, 11) is 0. The van der Waals surface area contributed by atoms with E-state index in [2.05, 4.69) is 32.0 Å². The number of hydrogen-bond acceptors (Lipinski definition) is 1. The molecule has 1 heteroatoms. The van der Waals surface area contributed by atoms with Crippen molar-refractivity contribution < 1.29 is 0 Å². The number of hydrogen-bond donors (Lipinski definition) is 0. The molecule has 0 spiro atoms. The lowest BCUT2D eigenvalue weighted by molar-refractivity contribution is 0.668. The van der Waals surface area contributed by atoms with Gasteiger partial charge in [0.2, 0.25) is 0 Å². The van der Waals surface area contributed by atoms with E-state index in [0.29, 0.717) is 0 Å². The van der Waals surface area contributed by atoms with Crippen LogP contribution in [0.1, 0.15) is 35.2 Å². The highest BCUT2D eigenvalue weighted by Gasteiger charge is 2.15. The van der Waals surface area contributed by atoms with E-state index in [0.717, 1.165) is 0 Å². The van der Waals surface area contributed by atoms with E-state index in [9.17, 15) is 0 Å². The highest BCUT2D eigenvalue weighted by Crippen LogP contribution is 2.28. The SMILES string of the molecule is Cc1ccc2nc3c(c(C)c2c1)CCCC3. The van der Waals surface area contributed by atoms with Gasteiger partial charge in [0, 0.05) is 11.1 Å². The van der Waals surface area contributed by atoms with E-state index in [1.807, 2.05) is 0 Å². The Balaban J connectivity index is 2.35. The number of aryl methyl sites for hydroxylation is 3. The fraction of sp³-hybridized carbons (Fsp3) is 0.400. The standard InChI is InChI=1S/C15H17N/c1-10-7-8-15-13(9-10)11(2)12-5-3-4-6-14(12)16-15/h7-9H,3-6H2,1-2H3. The van der Waals surface area contributed by atoms with Crippen LogP contribution in [0.25, 0.3) is 10.9 Å². The third-order valence-corrected chi connectivity index (χ3v) is 3.70. The van der Waals surface area contributed by atoms with Crippen molar-refractivity contribution in [1.82, 2.24) is 4.98 Å². The highest BCUT2D eigenvalue weighted by molar-refractivity contribution is 5.84. The molecule has 16 heavy (non-hydrogen) atoms. The van der Waals surface area contributed by atoms with Gasteiger partial charge in [-0.25, -0.2) is 0 Å². The van der Waals surface area contributed by atoms with Crippen LogP contribution in [-0.4, -0.2) is 4.98 Å². The first kappa shape index (κ1) is 9.83. The fourth-order valence-electron chi connectivity index (χ4n) is 2.77. The molecule has 1 aromatic heterocycles. The molecule has 82 valence electrons. The van der Waals surface area contributed by atoms with E-state index in [-0.39, 0.29) is 0 Å². The molecule has 0 amide bonds. The Morgan fingerprint density at radius 2 is 1.88 bits per heavy atom. The van der Waals surface area contributed by atoms with Crippen LogP contribution in [0, 0.1) is 13.8 Å². The summed E-state index contributed by atoms with van der Waals surface area (Å²) >= 11 is 0. The lowest BCUT2D eigenvalue weighted by Crippen LogP contribution is -2.08. The maximum atomic E-state index is 4.82. The van der Waals surface area contributed by atoms with Gasteiger partial charge in [-0.1, -0.05) is 11.6 Å². The highest BCUT2D eigenvalue weighted by atomic mass is 14.7. The summed E-state index contributed by atoms with van der Waals surface area (Å²) in [5, 5.41) is 1.35. The monoisotopic (exact) mass is 211 g/mol. The lowest BCUT2D eigenvalue weighted by Gasteiger charge is -2.19. The molecule has 0 radical (unpaired) electrons. The molecular formula is C15H17N. The van der Waals surface area contributed by atoms with Crippen LogP contribution < -0.4 is 0 Å². The summed E-state index contributed by atoms with van der Waals surface area (Å²) in [5.74, 6) is 0. The molecule has 1 nitrogen and oxygen atoms in total. The van der Waals surface area contributed by atoms with Crippen molar-refractivity contribution in [3.8, 4) is 0 Å². The summed E-state index contributed by atoms with van der Waals surface area (Å²) in [5.41, 5.74) is 6.82. The van der Waals surface area contributed by atoms with E-state index in [1.54, 1.807) is 0 Å². The minimum absolute atomic E-state index is 1.17. The van der Waals surface area contributed by atoms with Gasteiger partial charge in [0.15, 0.2) is 0 Å². The Morgan fingerprint density at radius 1 is 1.06 bits per heavy atom. The number of rotatable bonds is 0. The number of aromatic nitrogens is 1. The van der Waals surface area contributed by atoms with E-state index < -0.39 is 0 Å². The zero-order chi connectivity index (χ0) is 11.1. The summed E-state index contributed by atoms with van der Waals surface area (Å²) in [6, 6.07) is 6.59. The van der Waals surface area contributed by atoms with Crippen molar-refractivity contribution in [3.63, 3.8) is 0 Å². The second-order valence-corrected chi connectivity index (χ2v) is 4.89. The molecule has 3 rings (SSSR count). The van der Waals surface area contributed by atoms with E-state index >= 15 is 0 Å². The van der Waals surface area contributed by atoms with Crippen LogP contribution >= 0.6 is 0 Å². The average Bonchev–Trinajstić information content (AvgIpc) is 2.31. The van der Waals surface area contributed by atoms with Gasteiger partial charge in [-0.3, -0.25) is 4.98 Å². The Morgan fingerprint density at radius 3 is 2.75 bits per heavy atom. The lowest BCUT2D eigenvalue weighted by atomic mass is 9.90. The first-order valence-corrected chi connectivity index (χ1v) is 6.14. The third kappa shape index (κ3) is 1.42. The molecule has 0 fully saturated rings. The fourth-order valence-corrected chi connectivity index (χ4v) is 2.77. The van der Waals surface area contributed by atoms with Crippen LogP contribution in [-0.2, 0) is 12.8 Å². The summed E-state index contributed by atoms with van der Waals surface area (Å²) in [4.78, 5) is 4.82. The van der Waals surface area contributed by atoms with Gasteiger partial charge in [0.25, 0.3) is 0 Å². The second kappa shape index (κ2) is 3.58. The Kier molecular flexibility index (Phi) is 2.20. The Bertz CT molecular complexity index is 555. The third-order valence-electron chi connectivity index (χ3n) is 3.70.